The lowest BCUT2D eigenvalue weighted by molar-refractivity contribution is -0.120. The molecule has 1 aromatic carbocycles. The molecule has 0 saturated heterocycles. The third-order valence-electron chi connectivity index (χ3n) is 5.24. The number of anilines is 2. The highest BCUT2D eigenvalue weighted by molar-refractivity contribution is 7.93. The maximum absolute atomic E-state index is 13.5. The lowest BCUT2D eigenvalue weighted by Crippen LogP contribution is -2.35. The number of thiazole rings is 1. The fourth-order valence-corrected chi connectivity index (χ4v) is 5.12. The van der Waals surface area contributed by atoms with Gasteiger partial charge >= 0.3 is 0 Å². The molecule has 6 nitrogen and oxygen atoms in total. The molecule has 3 aromatic rings. The quantitative estimate of drug-likeness (QED) is 0.496. The van der Waals surface area contributed by atoms with E-state index >= 15 is 0 Å². The van der Waals surface area contributed by atoms with Gasteiger partial charge in [-0.1, -0.05) is 6.07 Å². The minimum absolute atomic E-state index is 0.198. The average Bonchev–Trinajstić information content (AvgIpc) is 3.48. The molecule has 1 atom stereocenters. The van der Waals surface area contributed by atoms with Crippen molar-refractivity contribution in [3.05, 3.63) is 59.1 Å². The molecule has 0 bridgehead atoms. The van der Waals surface area contributed by atoms with E-state index in [1.54, 1.807) is 26.1 Å². The Balaban J connectivity index is 1.47. The maximum Gasteiger partial charge on any atom is 0.236 e. The van der Waals surface area contributed by atoms with Crippen LogP contribution < -0.4 is 10.0 Å². The van der Waals surface area contributed by atoms with Crippen LogP contribution in [0.3, 0.4) is 0 Å². The largest absolute Gasteiger partial charge is 0.593 e. The highest BCUT2D eigenvalue weighted by Gasteiger charge is 2.37. The second-order valence-electron chi connectivity index (χ2n) is 8.14. The Hall–Kier alpha value is -2.49. The summed E-state index contributed by atoms with van der Waals surface area (Å²) in [5.41, 5.74) is 2.76. The van der Waals surface area contributed by atoms with Crippen LogP contribution in [0.25, 0.3) is 11.1 Å². The van der Waals surface area contributed by atoms with Crippen LogP contribution in [0.15, 0.2) is 42.0 Å². The zero-order valence-corrected chi connectivity index (χ0v) is 19.1. The lowest BCUT2D eigenvalue weighted by atomic mass is 9.88. The van der Waals surface area contributed by atoms with Crippen LogP contribution in [0.4, 0.5) is 15.2 Å². The van der Waals surface area contributed by atoms with Crippen molar-refractivity contribution in [1.29, 1.82) is 0 Å². The highest BCUT2D eigenvalue weighted by atomic mass is 32.2. The van der Waals surface area contributed by atoms with Gasteiger partial charge in [0.15, 0.2) is 0 Å². The van der Waals surface area contributed by atoms with E-state index in [0.717, 1.165) is 30.2 Å². The van der Waals surface area contributed by atoms with Crippen molar-refractivity contribution < 1.29 is 13.7 Å². The molecule has 162 valence electrons. The Kier molecular flexibility index (Phi) is 6.00. The first-order valence-corrected chi connectivity index (χ1v) is 12.0. The first-order chi connectivity index (χ1) is 14.7. The van der Waals surface area contributed by atoms with Gasteiger partial charge in [-0.25, -0.2) is 9.37 Å². The van der Waals surface area contributed by atoms with Gasteiger partial charge in [0.05, 0.1) is 28.7 Å². The monoisotopic (exact) mass is 458 g/mol. The smallest absolute Gasteiger partial charge is 0.236 e. The Morgan fingerprint density at radius 1 is 1.26 bits per heavy atom. The molecule has 1 aliphatic rings. The van der Waals surface area contributed by atoms with Gasteiger partial charge in [0.25, 0.3) is 0 Å². The molecule has 2 N–H and O–H groups in total. The molecule has 1 aliphatic carbocycles. The molecule has 2 aromatic heterocycles. The number of nitrogens with zero attached hydrogens (tertiary/aromatic N) is 2. The molecule has 2 heterocycles. The number of rotatable bonds is 7. The topological polar surface area (TPSA) is 90.0 Å². The van der Waals surface area contributed by atoms with Gasteiger partial charge in [-0.05, 0) is 50.1 Å². The second kappa shape index (κ2) is 8.57. The van der Waals surface area contributed by atoms with Gasteiger partial charge in [-0.2, -0.15) is 4.72 Å². The van der Waals surface area contributed by atoms with Gasteiger partial charge in [0.1, 0.15) is 11.1 Å². The van der Waals surface area contributed by atoms with Crippen LogP contribution in [-0.2, 0) is 21.6 Å². The molecular weight excluding hydrogens is 435 g/mol. The molecule has 1 amide bonds. The summed E-state index contributed by atoms with van der Waals surface area (Å²) in [6.45, 7) is 5.50. The molecule has 0 spiro atoms. The van der Waals surface area contributed by atoms with Crippen molar-refractivity contribution in [3.63, 3.8) is 0 Å². The predicted molar refractivity (Wildman–Crippen MR) is 123 cm³/mol. The number of benzene rings is 1. The van der Waals surface area contributed by atoms with E-state index in [2.05, 4.69) is 20.0 Å². The first kappa shape index (κ1) is 21.7. The van der Waals surface area contributed by atoms with E-state index < -0.39 is 22.6 Å². The number of hydrogen-bond donors (Lipinski definition) is 2. The minimum atomic E-state index is -1.12. The Labute approximate surface area is 187 Å². The van der Waals surface area contributed by atoms with Crippen molar-refractivity contribution in [3.8, 4) is 11.1 Å². The van der Waals surface area contributed by atoms with E-state index in [9.17, 15) is 13.7 Å². The number of aryl methyl sites for hydroxylation is 1. The van der Waals surface area contributed by atoms with Crippen LogP contribution >= 0.6 is 11.3 Å². The molecule has 31 heavy (non-hydrogen) atoms. The average molecular weight is 459 g/mol. The van der Waals surface area contributed by atoms with E-state index in [1.807, 2.05) is 24.4 Å². The number of carbonyl (C=O) groups is 1. The zero-order valence-electron chi connectivity index (χ0n) is 17.4. The first-order valence-electron chi connectivity index (χ1n) is 9.90. The van der Waals surface area contributed by atoms with Crippen LogP contribution in [0.5, 0.6) is 0 Å². The van der Waals surface area contributed by atoms with Gasteiger partial charge < -0.3 is 9.87 Å². The van der Waals surface area contributed by atoms with Crippen molar-refractivity contribution >= 4 is 39.4 Å². The van der Waals surface area contributed by atoms with Crippen LogP contribution in [0.1, 0.15) is 37.9 Å². The molecule has 0 aliphatic heterocycles. The number of carbonyl (C=O) groups excluding carboxylic acids is 1. The zero-order chi connectivity index (χ0) is 22.2. The molecular formula is C22H23FN4O2S2. The Morgan fingerprint density at radius 3 is 2.71 bits per heavy atom. The van der Waals surface area contributed by atoms with Gasteiger partial charge in [-0.15, -0.1) is 11.3 Å². The summed E-state index contributed by atoms with van der Waals surface area (Å²) in [5, 5.41) is 5.56. The summed E-state index contributed by atoms with van der Waals surface area (Å²) < 4.78 is 28.5. The molecule has 1 fully saturated rings. The number of hydrogen-bond acceptors (Lipinski definition) is 6. The molecule has 4 rings (SSSR count). The number of aromatic nitrogens is 2. The standard InChI is InChI=1S/C22H23FN4O2S2/c1-13-8-14(15-9-16(23)11-24-10-15)4-7-18(13)25-20(28)22(2,3)19-12-30-21(26-19)27-31(29)17-5-6-17/h4,7-12,17H,5-6H2,1-3H3,(H,25,28)(H,26,27). The van der Waals surface area contributed by atoms with E-state index in [4.69, 9.17) is 0 Å². The van der Waals surface area contributed by atoms with Crippen LogP contribution in [0.2, 0.25) is 0 Å². The normalized spacial score (nSPS) is 14.9. The summed E-state index contributed by atoms with van der Waals surface area (Å²) in [5.74, 6) is -0.594. The lowest BCUT2D eigenvalue weighted by Gasteiger charge is -2.22. The summed E-state index contributed by atoms with van der Waals surface area (Å²) >= 11 is 0.225. The van der Waals surface area contributed by atoms with Crippen LogP contribution in [-0.4, -0.2) is 25.7 Å². The number of halogens is 1. The van der Waals surface area contributed by atoms with Crippen molar-refractivity contribution in [2.24, 2.45) is 0 Å². The second-order valence-corrected chi connectivity index (χ2v) is 10.5. The van der Waals surface area contributed by atoms with E-state index in [-0.39, 0.29) is 11.2 Å². The van der Waals surface area contributed by atoms with E-state index in [0.29, 0.717) is 22.1 Å². The van der Waals surface area contributed by atoms with Gasteiger partial charge in [0, 0.05) is 35.7 Å². The molecule has 1 unspecified atom stereocenters. The Bertz CT molecular complexity index is 1110. The molecule has 1 saturated carbocycles. The SMILES string of the molecule is Cc1cc(-c2cncc(F)c2)ccc1NC(=O)C(C)(C)c1csc(N[S+]([O-])C2CC2)n1. The van der Waals surface area contributed by atoms with Crippen molar-refractivity contribution in [1.82, 2.24) is 9.97 Å². The maximum atomic E-state index is 13.5. The van der Waals surface area contributed by atoms with Crippen LogP contribution in [0, 0.1) is 12.7 Å². The molecule has 9 heteroatoms. The number of pyridine rings is 1. The van der Waals surface area contributed by atoms with Gasteiger partial charge in [-0.3, -0.25) is 9.78 Å². The fraction of sp³-hybridized carbons (Fsp3) is 0.318. The van der Waals surface area contributed by atoms with E-state index in [1.165, 1.54) is 17.4 Å². The highest BCUT2D eigenvalue weighted by Crippen LogP contribution is 2.33. The Morgan fingerprint density at radius 2 is 2.03 bits per heavy atom. The number of amides is 1. The summed E-state index contributed by atoms with van der Waals surface area (Å²) in [7, 11) is 0. The van der Waals surface area contributed by atoms with Crippen molar-refractivity contribution in [2.75, 3.05) is 10.0 Å². The summed E-state index contributed by atoms with van der Waals surface area (Å²) in [4.78, 5) is 21.4. The predicted octanol–water partition coefficient (Wildman–Crippen LogP) is 4.81. The number of nitrogens with one attached hydrogen (secondary N) is 2. The third kappa shape index (κ3) is 4.89. The summed E-state index contributed by atoms with van der Waals surface area (Å²) in [6, 6.07) is 6.94. The molecule has 0 radical (unpaired) electrons. The third-order valence-corrected chi connectivity index (χ3v) is 7.60. The minimum Gasteiger partial charge on any atom is -0.593 e. The fourth-order valence-electron chi connectivity index (χ4n) is 3.01. The van der Waals surface area contributed by atoms with Crippen molar-refractivity contribution in [2.45, 2.75) is 44.3 Å². The summed E-state index contributed by atoms with van der Waals surface area (Å²) in [6.07, 6.45) is 4.71. The van der Waals surface area contributed by atoms with Gasteiger partial charge in [0.2, 0.25) is 11.0 Å².